The van der Waals surface area contributed by atoms with Gasteiger partial charge < -0.3 is 19.7 Å². The molecule has 0 aromatic heterocycles. The molecule has 2 amide bonds. The second-order valence-corrected chi connectivity index (χ2v) is 9.20. The molecule has 0 atom stereocenters. The van der Waals surface area contributed by atoms with Crippen molar-refractivity contribution in [1.29, 1.82) is 0 Å². The normalized spacial score (nSPS) is 14.3. The van der Waals surface area contributed by atoms with Gasteiger partial charge in [-0.25, -0.2) is 0 Å². The summed E-state index contributed by atoms with van der Waals surface area (Å²) in [6.07, 6.45) is 2.28. The summed E-state index contributed by atoms with van der Waals surface area (Å²) >= 11 is 0. The average molecular weight is 471 g/mol. The number of hydrogen-bond donors (Lipinski definition) is 1. The number of ether oxygens (including phenoxy) is 2. The van der Waals surface area contributed by atoms with Crippen molar-refractivity contribution in [2.75, 3.05) is 32.8 Å². The number of carbonyl (C=O) groups excluding carboxylic acids is 2. The molecule has 35 heavy (non-hydrogen) atoms. The number of nitrogens with zero attached hydrogens (tertiary/aromatic N) is 1. The van der Waals surface area contributed by atoms with Gasteiger partial charge in [0.05, 0.1) is 5.56 Å². The fourth-order valence-corrected chi connectivity index (χ4v) is 4.44. The minimum absolute atomic E-state index is 0.00270. The van der Waals surface area contributed by atoms with Gasteiger partial charge in [0.1, 0.15) is 13.2 Å². The first kappa shape index (κ1) is 23.0. The Kier molecular flexibility index (Phi) is 6.70. The maximum Gasteiger partial charge on any atom is 0.255 e. The summed E-state index contributed by atoms with van der Waals surface area (Å²) in [5, 5.41) is 2.96. The summed E-state index contributed by atoms with van der Waals surface area (Å²) in [7, 11) is 0. The van der Waals surface area contributed by atoms with Gasteiger partial charge in [-0.05, 0) is 55.0 Å². The molecule has 2 aliphatic rings. The quantitative estimate of drug-likeness (QED) is 0.518. The summed E-state index contributed by atoms with van der Waals surface area (Å²) in [5.74, 6) is 1.37. The van der Waals surface area contributed by atoms with Crippen LogP contribution in [0.2, 0.25) is 0 Å². The monoisotopic (exact) mass is 470 g/mol. The first-order valence-electron chi connectivity index (χ1n) is 12.2. The van der Waals surface area contributed by atoms with E-state index in [-0.39, 0.29) is 11.8 Å². The Morgan fingerprint density at radius 3 is 2.54 bits per heavy atom. The lowest BCUT2D eigenvalue weighted by Crippen LogP contribution is -2.40. The van der Waals surface area contributed by atoms with Crippen LogP contribution in [-0.4, -0.2) is 49.6 Å². The highest BCUT2D eigenvalue weighted by Gasteiger charge is 2.28. The van der Waals surface area contributed by atoms with Crippen LogP contribution >= 0.6 is 0 Å². The first-order chi connectivity index (χ1) is 17.1. The Morgan fingerprint density at radius 2 is 1.71 bits per heavy atom. The topological polar surface area (TPSA) is 67.9 Å². The molecule has 0 unspecified atom stereocenters. The van der Waals surface area contributed by atoms with Crippen molar-refractivity contribution < 1.29 is 19.1 Å². The number of amides is 2. The number of carbonyl (C=O) groups is 2. The van der Waals surface area contributed by atoms with Gasteiger partial charge in [-0.3, -0.25) is 9.59 Å². The molecule has 1 N–H and O–H groups in total. The number of nitrogens with one attached hydrogen (secondary N) is 1. The van der Waals surface area contributed by atoms with Gasteiger partial charge in [0.15, 0.2) is 11.5 Å². The molecule has 3 aromatic rings. The Labute approximate surface area is 205 Å². The number of para-hydroxylation sites is 1. The highest BCUT2D eigenvalue weighted by atomic mass is 16.6. The lowest BCUT2D eigenvalue weighted by molar-refractivity contribution is 0.0741. The minimum Gasteiger partial charge on any atom is -0.486 e. The van der Waals surface area contributed by atoms with Crippen LogP contribution < -0.4 is 14.8 Å². The zero-order valence-electron chi connectivity index (χ0n) is 20.0. The second-order valence-electron chi connectivity index (χ2n) is 9.20. The highest BCUT2D eigenvalue weighted by Crippen LogP contribution is 2.34. The molecule has 1 aliphatic carbocycles. The largest absolute Gasteiger partial charge is 0.486 e. The van der Waals surface area contributed by atoms with Crippen LogP contribution in [0.1, 0.15) is 39.1 Å². The number of hydrogen-bond acceptors (Lipinski definition) is 4. The maximum absolute atomic E-state index is 13.7. The van der Waals surface area contributed by atoms with Gasteiger partial charge in [-0.2, -0.15) is 0 Å². The van der Waals surface area contributed by atoms with Crippen molar-refractivity contribution in [2.24, 2.45) is 5.92 Å². The molecule has 1 saturated carbocycles. The molecule has 1 heterocycles. The maximum atomic E-state index is 13.7. The molecule has 1 aliphatic heterocycles. The highest BCUT2D eigenvalue weighted by molar-refractivity contribution is 6.01. The van der Waals surface area contributed by atoms with E-state index in [1.54, 1.807) is 18.2 Å². The molecule has 0 spiro atoms. The van der Waals surface area contributed by atoms with E-state index in [0.29, 0.717) is 61.4 Å². The van der Waals surface area contributed by atoms with E-state index < -0.39 is 0 Å². The third-order valence-electron chi connectivity index (χ3n) is 6.43. The SMILES string of the molecule is Cc1cccc(-c2ccccc2C(=O)N(CCNC(=O)c2cccc3c2OCCO3)CC2CC2)c1. The van der Waals surface area contributed by atoms with Crippen molar-refractivity contribution in [3.05, 3.63) is 83.4 Å². The van der Waals surface area contributed by atoms with Crippen molar-refractivity contribution in [2.45, 2.75) is 19.8 Å². The molecule has 180 valence electrons. The molecule has 6 heteroatoms. The van der Waals surface area contributed by atoms with E-state index in [0.717, 1.165) is 29.5 Å². The van der Waals surface area contributed by atoms with E-state index in [1.807, 2.05) is 41.3 Å². The molecular weight excluding hydrogens is 440 g/mol. The Morgan fingerprint density at radius 1 is 0.943 bits per heavy atom. The van der Waals surface area contributed by atoms with E-state index in [9.17, 15) is 9.59 Å². The number of fused-ring (bicyclic) bond motifs is 1. The fraction of sp³-hybridized carbons (Fsp3) is 0.310. The summed E-state index contributed by atoms with van der Waals surface area (Å²) in [6, 6.07) is 21.3. The van der Waals surface area contributed by atoms with Gasteiger partial charge in [0.25, 0.3) is 11.8 Å². The lowest BCUT2D eigenvalue weighted by atomic mass is 9.97. The zero-order chi connectivity index (χ0) is 24.2. The third-order valence-corrected chi connectivity index (χ3v) is 6.43. The third kappa shape index (κ3) is 5.32. The Bertz CT molecular complexity index is 1230. The van der Waals surface area contributed by atoms with Gasteiger partial charge in [-0.15, -0.1) is 0 Å². The molecule has 0 radical (unpaired) electrons. The van der Waals surface area contributed by atoms with Crippen molar-refractivity contribution in [3.8, 4) is 22.6 Å². The van der Waals surface area contributed by atoms with Crippen molar-refractivity contribution in [3.63, 3.8) is 0 Å². The van der Waals surface area contributed by atoms with Crippen LogP contribution in [-0.2, 0) is 0 Å². The molecular formula is C29H30N2O4. The molecule has 1 fully saturated rings. The van der Waals surface area contributed by atoms with Gasteiger partial charge in [0.2, 0.25) is 0 Å². The number of rotatable bonds is 8. The molecule has 0 saturated heterocycles. The van der Waals surface area contributed by atoms with Crippen LogP contribution in [0.15, 0.2) is 66.7 Å². The van der Waals surface area contributed by atoms with E-state index in [4.69, 9.17) is 9.47 Å². The van der Waals surface area contributed by atoms with Crippen LogP contribution in [0.4, 0.5) is 0 Å². The molecule has 6 nitrogen and oxygen atoms in total. The average Bonchev–Trinajstić information content (AvgIpc) is 3.71. The minimum atomic E-state index is -0.230. The number of aryl methyl sites for hydroxylation is 1. The van der Waals surface area contributed by atoms with Crippen LogP contribution in [0.3, 0.4) is 0 Å². The Balaban J connectivity index is 1.30. The summed E-state index contributed by atoms with van der Waals surface area (Å²) in [6.45, 7) is 4.44. The summed E-state index contributed by atoms with van der Waals surface area (Å²) < 4.78 is 11.3. The lowest BCUT2D eigenvalue weighted by Gasteiger charge is -2.25. The first-order valence-corrected chi connectivity index (χ1v) is 12.2. The van der Waals surface area contributed by atoms with Crippen LogP contribution in [0, 0.1) is 12.8 Å². The van der Waals surface area contributed by atoms with Gasteiger partial charge >= 0.3 is 0 Å². The van der Waals surface area contributed by atoms with E-state index >= 15 is 0 Å². The standard InChI is InChI=1S/C29H30N2O4/c1-20-6-4-7-22(18-20)23-8-2-3-9-24(23)29(33)31(19-21-12-13-21)15-14-30-28(32)25-10-5-11-26-27(25)35-17-16-34-26/h2-11,18,21H,12-17,19H2,1H3,(H,30,32). The zero-order valence-corrected chi connectivity index (χ0v) is 20.0. The fourth-order valence-electron chi connectivity index (χ4n) is 4.44. The van der Waals surface area contributed by atoms with E-state index in [2.05, 4.69) is 24.4 Å². The van der Waals surface area contributed by atoms with Gasteiger partial charge in [0, 0.05) is 25.2 Å². The van der Waals surface area contributed by atoms with Crippen LogP contribution in [0.5, 0.6) is 11.5 Å². The summed E-state index contributed by atoms with van der Waals surface area (Å²) in [5.41, 5.74) is 4.25. The molecule has 3 aromatic carbocycles. The van der Waals surface area contributed by atoms with Crippen LogP contribution in [0.25, 0.3) is 11.1 Å². The smallest absolute Gasteiger partial charge is 0.255 e. The Hall–Kier alpha value is -3.80. The van der Waals surface area contributed by atoms with Gasteiger partial charge in [-0.1, -0.05) is 54.1 Å². The van der Waals surface area contributed by atoms with Crippen molar-refractivity contribution >= 4 is 11.8 Å². The number of benzene rings is 3. The molecule has 5 rings (SSSR count). The second kappa shape index (κ2) is 10.2. The predicted octanol–water partition coefficient (Wildman–Crippen LogP) is 4.72. The predicted molar refractivity (Wildman–Crippen MR) is 135 cm³/mol. The molecule has 0 bridgehead atoms. The summed E-state index contributed by atoms with van der Waals surface area (Å²) in [4.78, 5) is 28.5. The van der Waals surface area contributed by atoms with E-state index in [1.165, 1.54) is 0 Å². The van der Waals surface area contributed by atoms with Crippen molar-refractivity contribution in [1.82, 2.24) is 10.2 Å².